The number of halogens is 1. The fraction of sp³-hybridized carbons (Fsp3) is 0.364. The fourth-order valence-corrected chi connectivity index (χ4v) is 4.20. The van der Waals surface area contributed by atoms with Crippen molar-refractivity contribution in [2.45, 2.75) is 37.7 Å². The highest BCUT2D eigenvalue weighted by molar-refractivity contribution is 6.30. The summed E-state index contributed by atoms with van der Waals surface area (Å²) in [5.74, 6) is 0.433. The number of hydrogen-bond acceptors (Lipinski definition) is 4. The molecule has 0 bridgehead atoms. The molecule has 2 heterocycles. The van der Waals surface area contributed by atoms with Gasteiger partial charge in [-0.2, -0.15) is 0 Å². The van der Waals surface area contributed by atoms with Crippen LogP contribution in [-0.4, -0.2) is 32.7 Å². The maximum absolute atomic E-state index is 12.9. The lowest BCUT2D eigenvalue weighted by molar-refractivity contribution is 0.00526. The van der Waals surface area contributed by atoms with Crippen LogP contribution in [0.2, 0.25) is 5.02 Å². The van der Waals surface area contributed by atoms with Gasteiger partial charge in [0.05, 0.1) is 16.7 Å². The number of rotatable bonds is 5. The van der Waals surface area contributed by atoms with Crippen LogP contribution in [0.5, 0.6) is 0 Å². The number of aromatic nitrogens is 2. The topological polar surface area (TPSA) is 79.2 Å². The molecule has 3 aromatic rings. The first-order chi connectivity index (χ1) is 14.0. The minimum Gasteiger partial charge on any atom is -0.388 e. The molecule has 0 radical (unpaired) electrons. The van der Waals surface area contributed by atoms with Crippen molar-refractivity contribution in [2.75, 3.05) is 11.9 Å². The van der Waals surface area contributed by atoms with E-state index >= 15 is 0 Å². The van der Waals surface area contributed by atoms with E-state index in [1.807, 2.05) is 48.1 Å². The molecule has 1 fully saturated rings. The first kappa shape index (κ1) is 19.7. The van der Waals surface area contributed by atoms with Gasteiger partial charge in [0, 0.05) is 42.1 Å². The van der Waals surface area contributed by atoms with Crippen molar-refractivity contribution in [2.24, 2.45) is 7.05 Å². The minimum atomic E-state index is -0.803. The summed E-state index contributed by atoms with van der Waals surface area (Å²) in [6.07, 6.45) is 8.09. The number of nitrogens with zero attached hydrogens (tertiary/aromatic N) is 2. The van der Waals surface area contributed by atoms with Crippen LogP contribution < -0.4 is 10.6 Å². The Kier molecular flexibility index (Phi) is 5.48. The van der Waals surface area contributed by atoms with Crippen molar-refractivity contribution < 1.29 is 9.90 Å². The van der Waals surface area contributed by atoms with Gasteiger partial charge in [0.25, 0.3) is 5.91 Å². The van der Waals surface area contributed by atoms with E-state index in [0.717, 1.165) is 48.7 Å². The van der Waals surface area contributed by atoms with Gasteiger partial charge < -0.3 is 20.3 Å². The number of aryl methyl sites for hydroxylation is 1. The maximum atomic E-state index is 12.9. The van der Waals surface area contributed by atoms with Gasteiger partial charge in [0.15, 0.2) is 0 Å². The van der Waals surface area contributed by atoms with E-state index in [-0.39, 0.29) is 12.5 Å². The summed E-state index contributed by atoms with van der Waals surface area (Å²) in [5, 5.41) is 18.3. The molecule has 1 aromatic carbocycles. The number of nitrogens with one attached hydrogen (secondary N) is 2. The van der Waals surface area contributed by atoms with Crippen LogP contribution in [0.1, 0.15) is 42.5 Å². The first-order valence-electron chi connectivity index (χ1n) is 9.92. The molecule has 3 N–H and O–H groups in total. The molecule has 4 rings (SSSR count). The van der Waals surface area contributed by atoms with Crippen molar-refractivity contribution in [3.8, 4) is 0 Å². The molecule has 0 unspecified atom stereocenters. The number of benzene rings is 1. The van der Waals surface area contributed by atoms with E-state index < -0.39 is 5.60 Å². The predicted molar refractivity (Wildman–Crippen MR) is 116 cm³/mol. The smallest absolute Gasteiger partial charge is 0.255 e. The molecule has 29 heavy (non-hydrogen) atoms. The molecule has 0 spiro atoms. The first-order valence-corrected chi connectivity index (χ1v) is 10.3. The largest absolute Gasteiger partial charge is 0.388 e. The zero-order chi connectivity index (χ0) is 20.4. The van der Waals surface area contributed by atoms with Gasteiger partial charge in [0.2, 0.25) is 0 Å². The summed E-state index contributed by atoms with van der Waals surface area (Å²) in [6, 6.07) is 9.34. The van der Waals surface area contributed by atoms with Crippen LogP contribution in [0.4, 0.5) is 11.5 Å². The lowest BCUT2D eigenvalue weighted by Gasteiger charge is -2.32. The third kappa shape index (κ3) is 4.23. The Hall–Kier alpha value is -2.57. The fourth-order valence-electron chi connectivity index (χ4n) is 4.01. The van der Waals surface area contributed by atoms with Crippen LogP contribution in [0.15, 0.2) is 42.7 Å². The Labute approximate surface area is 174 Å². The average molecular weight is 413 g/mol. The number of amides is 1. The highest BCUT2D eigenvalue weighted by Crippen LogP contribution is 2.30. The molecular weight excluding hydrogens is 388 g/mol. The lowest BCUT2D eigenvalue weighted by atomic mass is 9.85. The summed E-state index contributed by atoms with van der Waals surface area (Å²) < 4.78 is 1.91. The van der Waals surface area contributed by atoms with Crippen LogP contribution in [0, 0.1) is 0 Å². The van der Waals surface area contributed by atoms with Crippen molar-refractivity contribution in [3.05, 3.63) is 53.3 Å². The van der Waals surface area contributed by atoms with Gasteiger partial charge >= 0.3 is 0 Å². The van der Waals surface area contributed by atoms with Gasteiger partial charge in [-0.15, -0.1) is 0 Å². The summed E-state index contributed by atoms with van der Waals surface area (Å²) in [5.41, 5.74) is 1.30. The van der Waals surface area contributed by atoms with E-state index in [2.05, 4.69) is 15.6 Å². The molecule has 0 aliphatic heterocycles. The number of anilines is 2. The van der Waals surface area contributed by atoms with E-state index in [9.17, 15) is 9.90 Å². The van der Waals surface area contributed by atoms with Crippen molar-refractivity contribution >= 4 is 39.9 Å². The minimum absolute atomic E-state index is 0.224. The molecule has 7 heteroatoms. The maximum Gasteiger partial charge on any atom is 0.255 e. The summed E-state index contributed by atoms with van der Waals surface area (Å²) in [6.45, 7) is 0.264. The predicted octanol–water partition coefficient (Wildman–Crippen LogP) is 4.40. The van der Waals surface area contributed by atoms with Crippen LogP contribution in [0.25, 0.3) is 10.9 Å². The van der Waals surface area contributed by atoms with E-state index in [0.29, 0.717) is 16.4 Å². The zero-order valence-electron chi connectivity index (χ0n) is 16.4. The van der Waals surface area contributed by atoms with Gasteiger partial charge in [-0.3, -0.25) is 4.79 Å². The third-order valence-corrected chi connectivity index (χ3v) is 5.83. The summed E-state index contributed by atoms with van der Waals surface area (Å²) >= 11 is 6.07. The Morgan fingerprint density at radius 1 is 1.28 bits per heavy atom. The zero-order valence-corrected chi connectivity index (χ0v) is 17.2. The standard InChI is InChI=1S/C22H25ClN4O2/c1-27-11-8-17-19(27)18(21(28)25-14-22(29)9-3-2-4-10-22)13-24-20(17)26-16-7-5-6-15(23)12-16/h5-8,11-13,29H,2-4,9-10,14H2,1H3,(H,24,26)(H,25,28). The second kappa shape index (κ2) is 8.05. The normalized spacial score (nSPS) is 16.0. The number of pyridine rings is 1. The molecule has 0 atom stereocenters. The molecular formula is C22H25ClN4O2. The van der Waals surface area contributed by atoms with E-state index in [1.54, 1.807) is 6.20 Å². The number of hydrogen-bond donors (Lipinski definition) is 3. The van der Waals surface area contributed by atoms with Crippen molar-refractivity contribution in [3.63, 3.8) is 0 Å². The quantitative estimate of drug-likeness (QED) is 0.580. The average Bonchev–Trinajstić information content (AvgIpc) is 3.09. The molecule has 0 saturated heterocycles. The second-order valence-electron chi connectivity index (χ2n) is 7.81. The Morgan fingerprint density at radius 2 is 2.07 bits per heavy atom. The molecule has 1 aliphatic carbocycles. The van der Waals surface area contributed by atoms with Gasteiger partial charge in [-0.25, -0.2) is 4.98 Å². The summed E-state index contributed by atoms with van der Waals surface area (Å²) in [4.78, 5) is 17.4. The highest BCUT2D eigenvalue weighted by atomic mass is 35.5. The number of aliphatic hydroxyl groups is 1. The Morgan fingerprint density at radius 3 is 2.83 bits per heavy atom. The molecule has 1 saturated carbocycles. The molecule has 6 nitrogen and oxygen atoms in total. The molecule has 1 amide bonds. The van der Waals surface area contributed by atoms with Crippen molar-refractivity contribution in [1.29, 1.82) is 0 Å². The molecule has 1 aliphatic rings. The Balaban J connectivity index is 1.59. The Bertz CT molecular complexity index is 1040. The van der Waals surface area contributed by atoms with Crippen LogP contribution >= 0.6 is 11.6 Å². The van der Waals surface area contributed by atoms with Gasteiger partial charge in [-0.05, 0) is 37.1 Å². The highest BCUT2D eigenvalue weighted by Gasteiger charge is 2.30. The van der Waals surface area contributed by atoms with Crippen LogP contribution in [0.3, 0.4) is 0 Å². The molecule has 2 aromatic heterocycles. The van der Waals surface area contributed by atoms with Gasteiger partial charge in [-0.1, -0.05) is 36.9 Å². The van der Waals surface area contributed by atoms with E-state index in [1.165, 1.54) is 0 Å². The number of fused-ring (bicyclic) bond motifs is 1. The van der Waals surface area contributed by atoms with Crippen molar-refractivity contribution in [1.82, 2.24) is 14.9 Å². The van der Waals surface area contributed by atoms with Crippen LogP contribution in [-0.2, 0) is 7.05 Å². The SMILES string of the molecule is Cn1ccc2c(Nc3cccc(Cl)c3)ncc(C(=O)NCC3(O)CCCCC3)c21. The summed E-state index contributed by atoms with van der Waals surface area (Å²) in [7, 11) is 1.90. The second-order valence-corrected chi connectivity index (χ2v) is 8.25. The number of carbonyl (C=O) groups excluding carboxylic acids is 1. The monoisotopic (exact) mass is 412 g/mol. The number of carbonyl (C=O) groups is 1. The lowest BCUT2D eigenvalue weighted by Crippen LogP contribution is -2.44. The van der Waals surface area contributed by atoms with E-state index in [4.69, 9.17) is 11.6 Å². The molecule has 152 valence electrons. The van der Waals surface area contributed by atoms with Gasteiger partial charge in [0.1, 0.15) is 5.82 Å². The third-order valence-electron chi connectivity index (χ3n) is 5.60.